The number of para-hydroxylation sites is 1. The normalized spacial score (nSPS) is 14.7. The summed E-state index contributed by atoms with van der Waals surface area (Å²) in [6.07, 6.45) is 1.15. The van der Waals surface area contributed by atoms with E-state index in [1.165, 1.54) is 0 Å². The third kappa shape index (κ3) is 6.06. The van der Waals surface area contributed by atoms with Gasteiger partial charge in [0.25, 0.3) is 5.91 Å². The molecule has 40 heavy (non-hydrogen) atoms. The van der Waals surface area contributed by atoms with Crippen LogP contribution in [-0.4, -0.2) is 59.3 Å². The standard InChI is InChI=1S/C33H37N5O2/c1-2-28(24-11-5-3-6-12-24)36-33(40)31-26-15-9-10-16-29(26)35-32(25-13-7-4-8-14-25)27(31)23-37-19-21-38(22-20-37)30(39)17-18-34/h3-16,28H,2,17-23,34H2,1H3,(H,36,40)/t28-/m0/s1. The molecular weight excluding hydrogens is 498 g/mol. The molecule has 1 fully saturated rings. The number of hydrogen-bond acceptors (Lipinski definition) is 5. The fourth-order valence-corrected chi connectivity index (χ4v) is 5.50. The summed E-state index contributed by atoms with van der Waals surface area (Å²) >= 11 is 0. The number of carbonyl (C=O) groups excluding carboxylic acids is 2. The Morgan fingerprint density at radius 2 is 1.55 bits per heavy atom. The molecule has 1 aliphatic rings. The summed E-state index contributed by atoms with van der Waals surface area (Å²) in [5.41, 5.74) is 10.9. The minimum Gasteiger partial charge on any atom is -0.345 e. The van der Waals surface area contributed by atoms with E-state index < -0.39 is 0 Å². The molecule has 0 unspecified atom stereocenters. The van der Waals surface area contributed by atoms with Crippen LogP contribution >= 0.6 is 0 Å². The van der Waals surface area contributed by atoms with E-state index in [9.17, 15) is 9.59 Å². The third-order valence-corrected chi connectivity index (χ3v) is 7.65. The Bertz CT molecular complexity index is 1450. The van der Waals surface area contributed by atoms with E-state index in [4.69, 9.17) is 10.7 Å². The highest BCUT2D eigenvalue weighted by atomic mass is 16.2. The van der Waals surface area contributed by atoms with Crippen LogP contribution in [0.2, 0.25) is 0 Å². The fourth-order valence-electron chi connectivity index (χ4n) is 5.50. The highest BCUT2D eigenvalue weighted by Gasteiger charge is 2.27. The van der Waals surface area contributed by atoms with Gasteiger partial charge in [0.05, 0.1) is 22.8 Å². The summed E-state index contributed by atoms with van der Waals surface area (Å²) < 4.78 is 0. The summed E-state index contributed by atoms with van der Waals surface area (Å²) in [6.45, 7) is 5.75. The lowest BCUT2D eigenvalue weighted by molar-refractivity contribution is -0.132. The zero-order valence-electron chi connectivity index (χ0n) is 23.1. The maximum Gasteiger partial charge on any atom is 0.252 e. The van der Waals surface area contributed by atoms with Crippen LogP contribution in [0.3, 0.4) is 0 Å². The number of rotatable bonds is 9. The zero-order valence-corrected chi connectivity index (χ0v) is 23.1. The smallest absolute Gasteiger partial charge is 0.252 e. The predicted molar refractivity (Wildman–Crippen MR) is 160 cm³/mol. The van der Waals surface area contributed by atoms with Crippen molar-refractivity contribution in [1.82, 2.24) is 20.1 Å². The van der Waals surface area contributed by atoms with E-state index in [1.54, 1.807) is 0 Å². The Morgan fingerprint density at radius 1 is 0.900 bits per heavy atom. The molecular formula is C33H37N5O2. The number of pyridine rings is 1. The maximum absolute atomic E-state index is 14.2. The second-order valence-corrected chi connectivity index (χ2v) is 10.2. The second-order valence-electron chi connectivity index (χ2n) is 10.2. The van der Waals surface area contributed by atoms with E-state index in [-0.39, 0.29) is 17.9 Å². The van der Waals surface area contributed by atoms with Gasteiger partial charge in [0, 0.05) is 62.2 Å². The molecule has 206 valence electrons. The van der Waals surface area contributed by atoms with Crippen LogP contribution < -0.4 is 11.1 Å². The summed E-state index contributed by atoms with van der Waals surface area (Å²) in [5.74, 6) is 0.00401. The minimum absolute atomic E-state index is 0.0988. The minimum atomic E-state index is -0.106. The predicted octanol–water partition coefficient (Wildman–Crippen LogP) is 4.78. The van der Waals surface area contributed by atoms with E-state index in [1.807, 2.05) is 77.7 Å². The van der Waals surface area contributed by atoms with Crippen molar-refractivity contribution in [1.29, 1.82) is 0 Å². The molecule has 2 heterocycles. The summed E-state index contributed by atoms with van der Waals surface area (Å²) in [4.78, 5) is 35.9. The Morgan fingerprint density at radius 3 is 2.23 bits per heavy atom. The number of carbonyl (C=O) groups is 2. The lowest BCUT2D eigenvalue weighted by Gasteiger charge is -2.35. The summed E-state index contributed by atoms with van der Waals surface area (Å²) in [7, 11) is 0. The molecule has 5 rings (SSSR count). The third-order valence-electron chi connectivity index (χ3n) is 7.65. The maximum atomic E-state index is 14.2. The number of nitrogens with zero attached hydrogens (tertiary/aromatic N) is 3. The lowest BCUT2D eigenvalue weighted by atomic mass is 9.94. The van der Waals surface area contributed by atoms with Crippen molar-refractivity contribution in [2.45, 2.75) is 32.4 Å². The van der Waals surface area contributed by atoms with Crippen LogP contribution in [0.4, 0.5) is 0 Å². The van der Waals surface area contributed by atoms with E-state index in [0.29, 0.717) is 38.2 Å². The molecule has 0 radical (unpaired) electrons. The first kappa shape index (κ1) is 27.5. The molecule has 1 atom stereocenters. The molecule has 7 heteroatoms. The van der Waals surface area contributed by atoms with Crippen molar-refractivity contribution < 1.29 is 9.59 Å². The van der Waals surface area contributed by atoms with Gasteiger partial charge in [-0.05, 0) is 18.1 Å². The van der Waals surface area contributed by atoms with Gasteiger partial charge in [0.15, 0.2) is 0 Å². The number of piperazine rings is 1. The van der Waals surface area contributed by atoms with E-state index >= 15 is 0 Å². The Kier molecular flexibility index (Phi) is 8.84. The van der Waals surface area contributed by atoms with Crippen molar-refractivity contribution in [2.75, 3.05) is 32.7 Å². The van der Waals surface area contributed by atoms with Crippen LogP contribution in [0.1, 0.15) is 47.3 Å². The fraction of sp³-hybridized carbons (Fsp3) is 0.303. The molecule has 0 aliphatic carbocycles. The van der Waals surface area contributed by atoms with Crippen LogP contribution in [0.5, 0.6) is 0 Å². The van der Waals surface area contributed by atoms with Gasteiger partial charge in [-0.15, -0.1) is 0 Å². The zero-order chi connectivity index (χ0) is 27.9. The van der Waals surface area contributed by atoms with Gasteiger partial charge in [0.1, 0.15) is 0 Å². The molecule has 1 aromatic heterocycles. The SMILES string of the molecule is CC[C@H](NC(=O)c1c(CN2CCN(C(=O)CCN)CC2)c(-c2ccccc2)nc2ccccc12)c1ccccc1. The van der Waals surface area contributed by atoms with Gasteiger partial charge < -0.3 is 16.0 Å². The Hall–Kier alpha value is -4.07. The van der Waals surface area contributed by atoms with Gasteiger partial charge in [-0.3, -0.25) is 14.5 Å². The van der Waals surface area contributed by atoms with Crippen molar-refractivity contribution in [2.24, 2.45) is 5.73 Å². The molecule has 0 spiro atoms. The molecule has 0 saturated carbocycles. The summed E-state index contributed by atoms with van der Waals surface area (Å²) in [6, 6.07) is 28.0. The van der Waals surface area contributed by atoms with Gasteiger partial charge in [-0.25, -0.2) is 4.98 Å². The van der Waals surface area contributed by atoms with Crippen LogP contribution in [0, 0.1) is 0 Å². The van der Waals surface area contributed by atoms with Gasteiger partial charge in [0.2, 0.25) is 5.91 Å². The second kappa shape index (κ2) is 12.9. The van der Waals surface area contributed by atoms with Crippen LogP contribution in [0.25, 0.3) is 22.2 Å². The number of aromatic nitrogens is 1. The molecule has 1 saturated heterocycles. The number of benzene rings is 3. The quantitative estimate of drug-likeness (QED) is 0.322. The molecule has 3 aromatic carbocycles. The number of amides is 2. The Balaban J connectivity index is 1.55. The summed E-state index contributed by atoms with van der Waals surface area (Å²) in [5, 5.41) is 4.18. The van der Waals surface area contributed by atoms with Gasteiger partial charge >= 0.3 is 0 Å². The molecule has 0 bridgehead atoms. The highest BCUT2D eigenvalue weighted by Crippen LogP contribution is 2.32. The van der Waals surface area contributed by atoms with Crippen molar-refractivity contribution in [3.8, 4) is 11.3 Å². The monoisotopic (exact) mass is 535 g/mol. The van der Waals surface area contributed by atoms with Crippen LogP contribution in [-0.2, 0) is 11.3 Å². The molecule has 2 amide bonds. The molecule has 7 nitrogen and oxygen atoms in total. The molecule has 3 N–H and O–H groups in total. The van der Waals surface area contributed by atoms with Crippen molar-refractivity contribution >= 4 is 22.7 Å². The number of nitrogens with one attached hydrogen (secondary N) is 1. The Labute approximate surface area is 236 Å². The first-order valence-corrected chi connectivity index (χ1v) is 14.1. The molecule has 1 aliphatic heterocycles. The number of nitrogens with two attached hydrogens (primary N) is 1. The largest absolute Gasteiger partial charge is 0.345 e. The average Bonchev–Trinajstić information content (AvgIpc) is 3.00. The first-order valence-electron chi connectivity index (χ1n) is 14.1. The molecule has 4 aromatic rings. The topological polar surface area (TPSA) is 91.6 Å². The first-order chi connectivity index (χ1) is 19.6. The lowest BCUT2D eigenvalue weighted by Crippen LogP contribution is -2.48. The van der Waals surface area contributed by atoms with Crippen LogP contribution in [0.15, 0.2) is 84.9 Å². The van der Waals surface area contributed by atoms with Gasteiger partial charge in [-0.1, -0.05) is 85.8 Å². The van der Waals surface area contributed by atoms with E-state index in [2.05, 4.69) is 29.3 Å². The van der Waals surface area contributed by atoms with Crippen molar-refractivity contribution in [3.05, 3.63) is 102 Å². The van der Waals surface area contributed by atoms with Crippen molar-refractivity contribution in [3.63, 3.8) is 0 Å². The number of fused-ring (bicyclic) bond motifs is 1. The highest BCUT2D eigenvalue weighted by molar-refractivity contribution is 6.09. The van der Waals surface area contributed by atoms with Gasteiger partial charge in [-0.2, -0.15) is 0 Å². The van der Waals surface area contributed by atoms with E-state index in [0.717, 1.165) is 52.8 Å². The average molecular weight is 536 g/mol. The number of hydrogen-bond donors (Lipinski definition) is 2.